The van der Waals surface area contributed by atoms with Gasteiger partial charge in [0.25, 0.3) is 5.91 Å². The third kappa shape index (κ3) is 5.63. The molecule has 0 saturated heterocycles. The predicted molar refractivity (Wildman–Crippen MR) is 103 cm³/mol. The van der Waals surface area contributed by atoms with Crippen LogP contribution >= 0.6 is 0 Å². The average Bonchev–Trinajstić information content (AvgIpc) is 3.34. The number of anilines is 1. The Kier molecular flexibility index (Phi) is 6.26. The maximum atomic E-state index is 12.8. The summed E-state index contributed by atoms with van der Waals surface area (Å²) in [5, 5.41) is 6.86. The third-order valence-corrected chi connectivity index (χ3v) is 4.28. The number of ether oxygens (including phenoxy) is 1. The van der Waals surface area contributed by atoms with E-state index in [2.05, 4.69) is 15.4 Å². The number of methoxy groups -OCH3 is 1. The van der Waals surface area contributed by atoms with E-state index < -0.39 is 11.8 Å². The number of amides is 1. The molecule has 1 aromatic carbocycles. The number of carbonyl (C=O) groups is 1. The first-order chi connectivity index (χ1) is 13.9. The van der Waals surface area contributed by atoms with E-state index >= 15 is 0 Å². The predicted octanol–water partition coefficient (Wildman–Crippen LogP) is 4.62. The molecule has 7 nitrogen and oxygen atoms in total. The van der Waals surface area contributed by atoms with Crippen LogP contribution in [0.1, 0.15) is 36.7 Å². The zero-order valence-corrected chi connectivity index (χ0v) is 16.2. The normalized spacial score (nSPS) is 11.4. The van der Waals surface area contributed by atoms with Crippen molar-refractivity contribution in [1.82, 2.24) is 14.8 Å². The molecule has 3 rings (SSSR count). The third-order valence-electron chi connectivity index (χ3n) is 4.28. The van der Waals surface area contributed by atoms with Crippen LogP contribution in [0.2, 0.25) is 0 Å². The number of rotatable bonds is 9. The summed E-state index contributed by atoms with van der Waals surface area (Å²) >= 11 is 0. The Morgan fingerprint density at radius 2 is 2.03 bits per heavy atom. The average molecular weight is 404 g/mol. The summed E-state index contributed by atoms with van der Waals surface area (Å²) in [4.78, 5) is 16.6. The van der Waals surface area contributed by atoms with E-state index in [4.69, 9.17) is 9.15 Å². The first-order valence-corrected chi connectivity index (χ1v) is 9.15. The molecule has 2 heterocycles. The molecule has 154 valence electrons. The fraction of sp³-hybridized carbons (Fsp3) is 0.350. The monoisotopic (exact) mass is 404 g/mol. The number of oxazole rings is 1. The molecule has 9 heteroatoms. The smallest absolute Gasteiger partial charge is 0.278 e. The van der Waals surface area contributed by atoms with Crippen molar-refractivity contribution < 1.29 is 22.7 Å². The van der Waals surface area contributed by atoms with Gasteiger partial charge in [-0.3, -0.25) is 9.48 Å². The van der Waals surface area contributed by atoms with Crippen LogP contribution < -0.4 is 10.1 Å². The van der Waals surface area contributed by atoms with Crippen LogP contribution in [0, 0.1) is 0 Å². The number of halogens is 2. The summed E-state index contributed by atoms with van der Waals surface area (Å²) in [5.41, 5.74) is 1.32. The number of nitrogens with one attached hydrogen (secondary N) is 1. The number of alkyl halides is 2. The van der Waals surface area contributed by atoms with Gasteiger partial charge >= 0.3 is 0 Å². The highest BCUT2D eigenvalue weighted by atomic mass is 19.3. The van der Waals surface area contributed by atoms with Gasteiger partial charge in [-0.2, -0.15) is 5.10 Å². The molecular weight excluding hydrogens is 382 g/mol. The van der Waals surface area contributed by atoms with E-state index in [0.717, 1.165) is 6.92 Å². The summed E-state index contributed by atoms with van der Waals surface area (Å²) in [6, 6.07) is 7.07. The lowest BCUT2D eigenvalue weighted by Gasteiger charge is -2.09. The largest absolute Gasteiger partial charge is 0.497 e. The van der Waals surface area contributed by atoms with Gasteiger partial charge in [0.15, 0.2) is 17.8 Å². The maximum absolute atomic E-state index is 12.8. The molecule has 0 atom stereocenters. The minimum Gasteiger partial charge on any atom is -0.497 e. The highest BCUT2D eigenvalue weighted by Gasteiger charge is 2.20. The van der Waals surface area contributed by atoms with Crippen LogP contribution in [0.3, 0.4) is 0 Å². The molecule has 1 N–H and O–H groups in total. The lowest BCUT2D eigenvalue weighted by atomic mass is 10.1. The van der Waals surface area contributed by atoms with Crippen LogP contribution in [0.15, 0.2) is 47.5 Å². The molecule has 3 aromatic rings. The molecule has 0 bridgehead atoms. The van der Waals surface area contributed by atoms with Crippen LogP contribution in [-0.4, -0.2) is 33.7 Å². The number of hydrogen-bond acceptors (Lipinski definition) is 5. The Labute approximate surface area is 166 Å². The number of aryl methyl sites for hydroxylation is 1. The molecule has 0 aliphatic rings. The summed E-state index contributed by atoms with van der Waals surface area (Å²) in [6.45, 7) is 1.41. The number of unbranched alkanes of at least 4 members (excludes halogenated alkanes) is 1. The molecule has 0 radical (unpaired) electrons. The lowest BCUT2D eigenvalue weighted by molar-refractivity contribution is 0.0102. The summed E-state index contributed by atoms with van der Waals surface area (Å²) < 4.78 is 37.8. The molecule has 0 saturated carbocycles. The lowest BCUT2D eigenvalue weighted by Crippen LogP contribution is -2.13. The first kappa shape index (κ1) is 20.5. The molecule has 2 aromatic heterocycles. The van der Waals surface area contributed by atoms with Gasteiger partial charge < -0.3 is 14.5 Å². The van der Waals surface area contributed by atoms with Crippen molar-refractivity contribution in [3.63, 3.8) is 0 Å². The van der Waals surface area contributed by atoms with Crippen LogP contribution in [0.25, 0.3) is 11.3 Å². The second-order valence-electron chi connectivity index (χ2n) is 6.73. The number of hydrogen-bond donors (Lipinski definition) is 1. The Morgan fingerprint density at radius 3 is 2.72 bits per heavy atom. The number of carbonyl (C=O) groups excluding carboxylic acids is 1. The summed E-state index contributed by atoms with van der Waals surface area (Å²) in [5.74, 6) is -2.05. The SMILES string of the molecule is COc1ccc(-c2ocnc2C(=O)Nc2cnn(CCCCC(C)(F)F)c2)cc1. The van der Waals surface area contributed by atoms with Gasteiger partial charge in [0, 0.05) is 24.7 Å². The molecule has 0 unspecified atom stereocenters. The quantitative estimate of drug-likeness (QED) is 0.526. The molecule has 0 spiro atoms. The van der Waals surface area contributed by atoms with Gasteiger partial charge in [0.2, 0.25) is 5.92 Å². The molecule has 29 heavy (non-hydrogen) atoms. The fourth-order valence-corrected chi connectivity index (χ4v) is 2.81. The van der Waals surface area contributed by atoms with E-state index in [9.17, 15) is 13.6 Å². The summed E-state index contributed by atoms with van der Waals surface area (Å²) in [6.07, 6.45) is 5.17. The minimum absolute atomic E-state index is 0.146. The zero-order chi connectivity index (χ0) is 20.9. The standard InChI is InChI=1S/C20H22F2N4O3/c1-20(21,22)9-3-4-10-26-12-15(11-24-26)25-19(27)17-18(29-13-23-17)14-5-7-16(28-2)8-6-14/h5-8,11-13H,3-4,9-10H2,1-2H3,(H,25,27). The molecule has 0 aliphatic heterocycles. The summed E-state index contributed by atoms with van der Waals surface area (Å²) in [7, 11) is 1.57. The highest BCUT2D eigenvalue weighted by molar-refractivity contribution is 6.06. The van der Waals surface area contributed by atoms with E-state index in [0.29, 0.717) is 42.1 Å². The van der Waals surface area contributed by atoms with Gasteiger partial charge in [-0.05, 0) is 44.0 Å². The van der Waals surface area contributed by atoms with Crippen LogP contribution in [0.5, 0.6) is 5.75 Å². The Morgan fingerprint density at radius 1 is 1.28 bits per heavy atom. The Bertz CT molecular complexity index is 945. The Balaban J connectivity index is 1.60. The van der Waals surface area contributed by atoms with Crippen molar-refractivity contribution in [2.24, 2.45) is 0 Å². The minimum atomic E-state index is -2.65. The van der Waals surface area contributed by atoms with Gasteiger partial charge in [0.05, 0.1) is 19.0 Å². The van der Waals surface area contributed by atoms with Crippen LogP contribution in [0.4, 0.5) is 14.5 Å². The van der Waals surface area contributed by atoms with Crippen molar-refractivity contribution in [3.8, 4) is 17.1 Å². The van der Waals surface area contributed by atoms with Crippen LogP contribution in [-0.2, 0) is 6.54 Å². The number of nitrogens with zero attached hydrogens (tertiary/aromatic N) is 3. The maximum Gasteiger partial charge on any atom is 0.278 e. The molecule has 0 fully saturated rings. The van der Waals surface area contributed by atoms with Crippen molar-refractivity contribution in [2.75, 3.05) is 12.4 Å². The number of benzene rings is 1. The highest BCUT2D eigenvalue weighted by Crippen LogP contribution is 2.26. The fourth-order valence-electron chi connectivity index (χ4n) is 2.81. The van der Waals surface area contributed by atoms with E-state index in [1.165, 1.54) is 12.6 Å². The van der Waals surface area contributed by atoms with Crippen molar-refractivity contribution in [2.45, 2.75) is 38.7 Å². The zero-order valence-electron chi connectivity index (χ0n) is 16.2. The van der Waals surface area contributed by atoms with Gasteiger partial charge in [0.1, 0.15) is 5.75 Å². The molecule has 1 amide bonds. The van der Waals surface area contributed by atoms with Crippen molar-refractivity contribution in [1.29, 1.82) is 0 Å². The first-order valence-electron chi connectivity index (χ1n) is 9.15. The molecular formula is C20H22F2N4O3. The van der Waals surface area contributed by atoms with Crippen molar-refractivity contribution >= 4 is 11.6 Å². The Hall–Kier alpha value is -3.23. The topological polar surface area (TPSA) is 82.2 Å². The number of aromatic nitrogens is 3. The second-order valence-corrected chi connectivity index (χ2v) is 6.73. The van der Waals surface area contributed by atoms with Gasteiger partial charge in [-0.15, -0.1) is 0 Å². The van der Waals surface area contributed by atoms with E-state index in [1.54, 1.807) is 42.3 Å². The van der Waals surface area contributed by atoms with Crippen molar-refractivity contribution in [3.05, 3.63) is 48.7 Å². The molecule has 0 aliphatic carbocycles. The van der Waals surface area contributed by atoms with E-state index in [1.807, 2.05) is 0 Å². The second kappa shape index (κ2) is 8.85. The van der Waals surface area contributed by atoms with Gasteiger partial charge in [-0.25, -0.2) is 13.8 Å². The van der Waals surface area contributed by atoms with Gasteiger partial charge in [-0.1, -0.05) is 0 Å². The van der Waals surface area contributed by atoms with E-state index in [-0.39, 0.29) is 12.1 Å².